The fourth-order valence-corrected chi connectivity index (χ4v) is 5.01. The number of aliphatic carboxylic acids is 1. The molecule has 3 rings (SSSR count). The smallest absolute Gasteiger partial charge is 0.326 e. The lowest BCUT2D eigenvalue weighted by Gasteiger charge is -2.26. The lowest BCUT2D eigenvalue weighted by atomic mass is 10.1. The minimum atomic E-state index is -0.968. The minimum absolute atomic E-state index is 0.152. The van der Waals surface area contributed by atoms with E-state index in [0.717, 1.165) is 12.8 Å². The number of ether oxygens (including phenoxy) is 5. The number of likely N-dealkylation sites (tertiary alicyclic amines) is 1. The third-order valence-corrected chi connectivity index (χ3v) is 6.76. The van der Waals surface area contributed by atoms with Crippen LogP contribution in [0.15, 0.2) is 0 Å². The maximum atomic E-state index is 12.5. The first kappa shape index (κ1) is 27.3. The van der Waals surface area contributed by atoms with Crippen LogP contribution in [0.1, 0.15) is 85.0 Å². The Bertz CT molecular complexity index is 657. The van der Waals surface area contributed by atoms with Crippen molar-refractivity contribution < 1.29 is 38.4 Å². The summed E-state index contributed by atoms with van der Waals surface area (Å²) in [6.07, 6.45) is 9.35. The van der Waals surface area contributed by atoms with Gasteiger partial charge in [-0.1, -0.05) is 51.9 Å². The van der Waals surface area contributed by atoms with Gasteiger partial charge in [0.05, 0.1) is 6.61 Å². The summed E-state index contributed by atoms with van der Waals surface area (Å²) in [5, 5.41) is 9.29. The van der Waals surface area contributed by atoms with E-state index in [-0.39, 0.29) is 31.3 Å². The molecule has 0 spiro atoms. The van der Waals surface area contributed by atoms with Crippen molar-refractivity contribution in [3.05, 3.63) is 0 Å². The molecule has 1 N–H and O–H groups in total. The van der Waals surface area contributed by atoms with Crippen LogP contribution < -0.4 is 0 Å². The number of unbranched alkanes of at least 4 members (excludes halogenated alkanes) is 7. The highest BCUT2D eigenvalue weighted by atomic mass is 16.8. The Kier molecular flexibility index (Phi) is 10.6. The van der Waals surface area contributed by atoms with E-state index in [1.165, 1.54) is 43.4 Å². The summed E-state index contributed by atoms with van der Waals surface area (Å²) >= 11 is 0. The summed E-state index contributed by atoms with van der Waals surface area (Å²) in [5.74, 6) is -2.02. The molecular weight excluding hydrogens is 442 g/mol. The van der Waals surface area contributed by atoms with Crippen LogP contribution in [0.4, 0.5) is 0 Å². The highest BCUT2D eigenvalue weighted by Gasteiger charge is 2.55. The van der Waals surface area contributed by atoms with E-state index in [4.69, 9.17) is 23.7 Å². The van der Waals surface area contributed by atoms with Gasteiger partial charge in [0, 0.05) is 13.2 Å². The van der Waals surface area contributed by atoms with Crippen molar-refractivity contribution in [2.75, 3.05) is 26.4 Å². The predicted octanol–water partition coefficient (Wildman–Crippen LogP) is 3.48. The quantitative estimate of drug-likeness (QED) is 0.352. The van der Waals surface area contributed by atoms with Crippen LogP contribution in [-0.2, 0) is 33.3 Å². The second-order valence-corrected chi connectivity index (χ2v) is 10.1. The molecule has 1 amide bonds. The van der Waals surface area contributed by atoms with Crippen LogP contribution in [0.25, 0.3) is 0 Å². The molecule has 0 aromatic heterocycles. The lowest BCUT2D eigenvalue weighted by molar-refractivity contribution is -0.223. The molecule has 0 aliphatic carbocycles. The zero-order chi connectivity index (χ0) is 24.6. The number of carbonyl (C=O) groups excluding carboxylic acids is 1. The number of fused-ring (bicyclic) bond motifs is 1. The van der Waals surface area contributed by atoms with Gasteiger partial charge in [-0.15, -0.1) is 0 Å². The standard InChI is InChI=1S/C25H43NO8/c1-4-5-6-7-8-9-10-11-15-31-21-19(32-24-22(21)33-25(2,3)34-24)16-30-17-20(27)26-14-12-13-18(26)23(28)29/h18-19,21-22,24H,4-17H2,1-3H3,(H,28,29)/t18-,19-,21-,22-,24-/m1/s1. The van der Waals surface area contributed by atoms with E-state index in [1.54, 1.807) is 0 Å². The molecule has 3 aliphatic rings. The van der Waals surface area contributed by atoms with E-state index >= 15 is 0 Å². The van der Waals surface area contributed by atoms with Gasteiger partial charge in [-0.2, -0.15) is 0 Å². The Morgan fingerprint density at radius 1 is 1.06 bits per heavy atom. The Labute approximate surface area is 203 Å². The molecule has 3 fully saturated rings. The number of rotatable bonds is 15. The van der Waals surface area contributed by atoms with E-state index in [1.807, 2.05) is 13.8 Å². The van der Waals surface area contributed by atoms with Crippen molar-refractivity contribution in [3.63, 3.8) is 0 Å². The van der Waals surface area contributed by atoms with Gasteiger partial charge in [-0.3, -0.25) is 4.79 Å². The first-order valence-electron chi connectivity index (χ1n) is 13.0. The average Bonchev–Trinajstić information content (AvgIpc) is 3.46. The molecule has 0 aromatic rings. The average molecular weight is 486 g/mol. The maximum absolute atomic E-state index is 12.5. The van der Waals surface area contributed by atoms with Gasteiger partial charge in [-0.05, 0) is 33.1 Å². The normalized spacial score (nSPS) is 30.1. The molecule has 3 saturated heterocycles. The summed E-state index contributed by atoms with van der Waals surface area (Å²) in [6.45, 7) is 6.96. The summed E-state index contributed by atoms with van der Waals surface area (Å²) in [5.41, 5.74) is 0. The van der Waals surface area contributed by atoms with Gasteiger partial charge in [0.2, 0.25) is 5.91 Å². The summed E-state index contributed by atoms with van der Waals surface area (Å²) in [6, 6.07) is -0.759. The van der Waals surface area contributed by atoms with E-state index in [2.05, 4.69) is 6.92 Å². The van der Waals surface area contributed by atoms with Crippen molar-refractivity contribution in [2.45, 2.75) is 121 Å². The van der Waals surface area contributed by atoms with Crippen LogP contribution in [0.5, 0.6) is 0 Å². The fraction of sp³-hybridized carbons (Fsp3) is 0.920. The topological polar surface area (TPSA) is 104 Å². The molecule has 3 heterocycles. The Hall–Kier alpha value is -1.26. The van der Waals surface area contributed by atoms with Crippen molar-refractivity contribution in [1.82, 2.24) is 4.90 Å². The molecule has 9 nitrogen and oxygen atoms in total. The van der Waals surface area contributed by atoms with Gasteiger partial charge < -0.3 is 33.7 Å². The van der Waals surface area contributed by atoms with Gasteiger partial charge in [0.1, 0.15) is 31.0 Å². The van der Waals surface area contributed by atoms with Crippen LogP contribution in [0.3, 0.4) is 0 Å². The number of amides is 1. The molecule has 0 unspecified atom stereocenters. The van der Waals surface area contributed by atoms with Gasteiger partial charge in [0.25, 0.3) is 0 Å². The van der Waals surface area contributed by atoms with Crippen LogP contribution in [0.2, 0.25) is 0 Å². The first-order chi connectivity index (χ1) is 16.3. The lowest BCUT2D eigenvalue weighted by Crippen LogP contribution is -2.43. The van der Waals surface area contributed by atoms with Crippen LogP contribution in [-0.4, -0.2) is 84.7 Å². The Morgan fingerprint density at radius 3 is 2.47 bits per heavy atom. The van der Waals surface area contributed by atoms with E-state index < -0.39 is 30.2 Å². The Balaban J connectivity index is 1.41. The molecule has 5 atom stereocenters. The van der Waals surface area contributed by atoms with Crippen molar-refractivity contribution in [2.24, 2.45) is 0 Å². The number of nitrogens with zero attached hydrogens (tertiary/aromatic N) is 1. The van der Waals surface area contributed by atoms with Gasteiger partial charge >= 0.3 is 5.97 Å². The number of carboxylic acid groups (broad SMARTS) is 1. The molecule has 34 heavy (non-hydrogen) atoms. The van der Waals surface area contributed by atoms with Crippen molar-refractivity contribution in [1.29, 1.82) is 0 Å². The maximum Gasteiger partial charge on any atom is 0.326 e. The number of hydrogen-bond donors (Lipinski definition) is 1. The molecule has 3 aliphatic heterocycles. The first-order valence-corrected chi connectivity index (χ1v) is 13.0. The second-order valence-electron chi connectivity index (χ2n) is 10.1. The minimum Gasteiger partial charge on any atom is -0.480 e. The monoisotopic (exact) mass is 485 g/mol. The fourth-order valence-electron chi connectivity index (χ4n) is 5.01. The van der Waals surface area contributed by atoms with Crippen LogP contribution in [0, 0.1) is 0 Å². The third-order valence-electron chi connectivity index (χ3n) is 6.76. The third kappa shape index (κ3) is 7.62. The van der Waals surface area contributed by atoms with Gasteiger partial charge in [0.15, 0.2) is 12.1 Å². The van der Waals surface area contributed by atoms with Crippen LogP contribution >= 0.6 is 0 Å². The van der Waals surface area contributed by atoms with Crippen molar-refractivity contribution in [3.8, 4) is 0 Å². The zero-order valence-electron chi connectivity index (χ0n) is 21.0. The molecule has 0 bridgehead atoms. The predicted molar refractivity (Wildman–Crippen MR) is 124 cm³/mol. The highest BCUT2D eigenvalue weighted by molar-refractivity contribution is 5.84. The van der Waals surface area contributed by atoms with E-state index in [9.17, 15) is 14.7 Å². The number of hydrogen-bond acceptors (Lipinski definition) is 7. The number of carbonyl (C=O) groups is 2. The highest BCUT2D eigenvalue weighted by Crippen LogP contribution is 2.39. The molecule has 0 radical (unpaired) electrons. The molecule has 9 heteroatoms. The summed E-state index contributed by atoms with van der Waals surface area (Å²) < 4.78 is 29.7. The Morgan fingerprint density at radius 2 is 1.76 bits per heavy atom. The SMILES string of the molecule is CCCCCCCCCCO[C@H]1[C@H]2OC(C)(C)O[C@H]2O[C@@H]1COCC(=O)N1CCC[C@@H]1C(=O)O. The summed E-state index contributed by atoms with van der Waals surface area (Å²) in [7, 11) is 0. The molecule has 0 aromatic carbocycles. The number of carboxylic acids is 1. The molecule has 196 valence electrons. The second kappa shape index (κ2) is 13.2. The molecular formula is C25H43NO8. The van der Waals surface area contributed by atoms with Crippen molar-refractivity contribution >= 4 is 11.9 Å². The van der Waals surface area contributed by atoms with Gasteiger partial charge in [-0.25, -0.2) is 4.79 Å². The zero-order valence-corrected chi connectivity index (χ0v) is 21.0. The largest absolute Gasteiger partial charge is 0.480 e. The summed E-state index contributed by atoms with van der Waals surface area (Å²) in [4.78, 5) is 25.2. The van der Waals surface area contributed by atoms with E-state index in [0.29, 0.717) is 26.0 Å². The molecule has 0 saturated carbocycles.